The molecule has 0 spiro atoms. The molecule has 2 N–H and O–H groups in total. The molecule has 0 aliphatic carbocycles. The number of nitrogens with one attached hydrogen (secondary N) is 1. The molecule has 1 saturated heterocycles. The summed E-state index contributed by atoms with van der Waals surface area (Å²) in [5, 5.41) is 11.9. The number of hydrogen-bond donors (Lipinski definition) is 2. The van der Waals surface area contributed by atoms with Gasteiger partial charge in [-0.05, 0) is 24.1 Å². The van der Waals surface area contributed by atoms with Crippen LogP contribution >= 0.6 is 11.6 Å². The molecule has 1 aromatic carbocycles. The van der Waals surface area contributed by atoms with E-state index in [2.05, 4.69) is 5.32 Å². The molecule has 1 fully saturated rings. The molecule has 1 aliphatic heterocycles. The number of benzene rings is 1. The Morgan fingerprint density at radius 3 is 2.24 bits per heavy atom. The largest absolute Gasteiger partial charge is 0.481 e. The smallest absolute Gasteiger partial charge is 0.317 e. The second-order valence-corrected chi connectivity index (χ2v) is 6.34. The lowest BCUT2D eigenvalue weighted by Crippen LogP contribution is -2.53. The third-order valence-corrected chi connectivity index (χ3v) is 4.28. The zero-order valence-corrected chi connectivity index (χ0v) is 14.7. The number of piperazine rings is 1. The summed E-state index contributed by atoms with van der Waals surface area (Å²) in [5.74, 6) is -0.842. The van der Waals surface area contributed by atoms with Crippen molar-refractivity contribution in [3.05, 3.63) is 34.9 Å². The number of urea groups is 1. The van der Waals surface area contributed by atoms with Crippen molar-refractivity contribution >= 4 is 29.5 Å². The lowest BCUT2D eigenvalue weighted by Gasteiger charge is -2.34. The second-order valence-electron chi connectivity index (χ2n) is 5.90. The first kappa shape index (κ1) is 19.1. The maximum absolute atomic E-state index is 12.3. The summed E-state index contributed by atoms with van der Waals surface area (Å²) in [7, 11) is 0. The molecule has 8 heteroatoms. The summed E-state index contributed by atoms with van der Waals surface area (Å²) < 4.78 is 0. The van der Waals surface area contributed by atoms with Gasteiger partial charge in [-0.15, -0.1) is 0 Å². The number of carboxylic acids is 1. The van der Waals surface area contributed by atoms with Gasteiger partial charge in [-0.2, -0.15) is 0 Å². The van der Waals surface area contributed by atoms with Crippen LogP contribution in [0.3, 0.4) is 0 Å². The van der Waals surface area contributed by atoms with E-state index in [-0.39, 0.29) is 18.4 Å². The molecule has 136 valence electrons. The molecule has 3 amide bonds. The van der Waals surface area contributed by atoms with E-state index in [1.165, 1.54) is 0 Å². The minimum absolute atomic E-state index is 0.0313. The molecule has 0 radical (unpaired) electrons. The van der Waals surface area contributed by atoms with Crippen molar-refractivity contribution in [1.29, 1.82) is 0 Å². The first-order chi connectivity index (χ1) is 12.0. The van der Waals surface area contributed by atoms with Crippen molar-refractivity contribution < 1.29 is 19.5 Å². The fourth-order valence-electron chi connectivity index (χ4n) is 2.59. The van der Waals surface area contributed by atoms with Gasteiger partial charge in [-0.25, -0.2) is 4.79 Å². The van der Waals surface area contributed by atoms with Gasteiger partial charge < -0.3 is 20.2 Å². The van der Waals surface area contributed by atoms with Gasteiger partial charge in [-0.3, -0.25) is 9.59 Å². The molecule has 0 saturated carbocycles. The number of carboxylic acid groups (broad SMARTS) is 1. The molecular formula is C17H22ClN3O4. The normalized spacial score (nSPS) is 14.3. The molecule has 2 rings (SSSR count). The predicted molar refractivity (Wildman–Crippen MR) is 93.6 cm³/mol. The average molecular weight is 368 g/mol. The second kappa shape index (κ2) is 9.27. The quantitative estimate of drug-likeness (QED) is 0.747. The van der Waals surface area contributed by atoms with Crippen LogP contribution in [0.25, 0.3) is 0 Å². The highest BCUT2D eigenvalue weighted by atomic mass is 35.5. The molecule has 0 unspecified atom stereocenters. The maximum atomic E-state index is 12.3. The Morgan fingerprint density at radius 1 is 1.04 bits per heavy atom. The van der Waals surface area contributed by atoms with Crippen LogP contribution in [0.5, 0.6) is 0 Å². The van der Waals surface area contributed by atoms with Crippen molar-refractivity contribution in [2.45, 2.75) is 19.3 Å². The lowest BCUT2D eigenvalue weighted by molar-refractivity contribution is -0.137. The number of halogens is 1. The number of carbonyl (C=O) groups is 3. The van der Waals surface area contributed by atoms with Crippen LogP contribution in [-0.4, -0.2) is 65.5 Å². The van der Waals surface area contributed by atoms with Crippen molar-refractivity contribution in [2.75, 3.05) is 32.7 Å². The molecule has 0 bridgehead atoms. The van der Waals surface area contributed by atoms with E-state index in [1.807, 2.05) is 12.1 Å². The van der Waals surface area contributed by atoms with Gasteiger partial charge in [0, 0.05) is 44.2 Å². The third-order valence-electron chi connectivity index (χ3n) is 4.03. The standard InChI is InChI=1S/C17H22ClN3O4/c18-14-5-3-13(4-6-14)12-15(22)20-8-10-21(11-9-20)17(25)19-7-1-2-16(23)24/h3-6H,1-2,7-12H2,(H,19,25)(H,23,24). The van der Waals surface area contributed by atoms with Crippen LogP contribution in [0.1, 0.15) is 18.4 Å². The van der Waals surface area contributed by atoms with Crippen LogP contribution in [-0.2, 0) is 16.0 Å². The zero-order valence-electron chi connectivity index (χ0n) is 13.9. The van der Waals surface area contributed by atoms with Crippen molar-refractivity contribution in [3.8, 4) is 0 Å². The van der Waals surface area contributed by atoms with E-state index in [1.54, 1.807) is 21.9 Å². The van der Waals surface area contributed by atoms with Crippen molar-refractivity contribution in [1.82, 2.24) is 15.1 Å². The van der Waals surface area contributed by atoms with Gasteiger partial charge in [0.15, 0.2) is 0 Å². The fourth-order valence-corrected chi connectivity index (χ4v) is 2.72. The van der Waals surface area contributed by atoms with Gasteiger partial charge in [0.1, 0.15) is 0 Å². The molecule has 1 heterocycles. The molecular weight excluding hydrogens is 346 g/mol. The Morgan fingerprint density at radius 2 is 1.64 bits per heavy atom. The van der Waals surface area contributed by atoms with E-state index < -0.39 is 5.97 Å². The number of amides is 3. The number of rotatable bonds is 6. The van der Waals surface area contributed by atoms with Crippen LogP contribution in [0, 0.1) is 0 Å². The van der Waals surface area contributed by atoms with Gasteiger partial charge in [0.25, 0.3) is 0 Å². The lowest BCUT2D eigenvalue weighted by atomic mass is 10.1. The highest BCUT2D eigenvalue weighted by Gasteiger charge is 2.23. The summed E-state index contributed by atoms with van der Waals surface area (Å²) in [6, 6.07) is 6.98. The van der Waals surface area contributed by atoms with Gasteiger partial charge in [-0.1, -0.05) is 23.7 Å². The molecule has 1 aliphatic rings. The van der Waals surface area contributed by atoms with Gasteiger partial charge in [0.05, 0.1) is 6.42 Å². The number of nitrogens with zero attached hydrogens (tertiary/aromatic N) is 2. The summed E-state index contributed by atoms with van der Waals surface area (Å²) in [5.41, 5.74) is 0.910. The Hall–Kier alpha value is -2.28. The third kappa shape index (κ3) is 6.26. The van der Waals surface area contributed by atoms with Crippen LogP contribution in [0.4, 0.5) is 4.79 Å². The first-order valence-electron chi connectivity index (χ1n) is 8.22. The summed E-state index contributed by atoms with van der Waals surface area (Å²) >= 11 is 5.84. The molecule has 0 atom stereocenters. The van der Waals surface area contributed by atoms with Gasteiger partial charge in [0.2, 0.25) is 5.91 Å². The monoisotopic (exact) mass is 367 g/mol. The summed E-state index contributed by atoms with van der Waals surface area (Å²) in [4.78, 5) is 38.1. The van der Waals surface area contributed by atoms with E-state index in [9.17, 15) is 14.4 Å². The molecule has 7 nitrogen and oxygen atoms in total. The van der Waals surface area contributed by atoms with Crippen LogP contribution in [0.15, 0.2) is 24.3 Å². The molecule has 25 heavy (non-hydrogen) atoms. The summed E-state index contributed by atoms with van der Waals surface area (Å²) in [6.45, 7) is 2.26. The van der Waals surface area contributed by atoms with E-state index in [0.717, 1.165) is 5.56 Å². The topological polar surface area (TPSA) is 89.9 Å². The van der Waals surface area contributed by atoms with E-state index >= 15 is 0 Å². The maximum Gasteiger partial charge on any atom is 0.317 e. The predicted octanol–water partition coefficient (Wildman–Crippen LogP) is 1.60. The van der Waals surface area contributed by atoms with Crippen molar-refractivity contribution in [3.63, 3.8) is 0 Å². The Balaban J connectivity index is 1.71. The highest BCUT2D eigenvalue weighted by Crippen LogP contribution is 2.12. The zero-order chi connectivity index (χ0) is 18.2. The fraction of sp³-hybridized carbons (Fsp3) is 0.471. The first-order valence-corrected chi connectivity index (χ1v) is 8.60. The Labute approximate surface area is 151 Å². The van der Waals surface area contributed by atoms with Crippen LogP contribution < -0.4 is 5.32 Å². The summed E-state index contributed by atoms with van der Waals surface area (Å²) in [6.07, 6.45) is 0.756. The Bertz CT molecular complexity index is 613. The average Bonchev–Trinajstić information content (AvgIpc) is 2.60. The minimum Gasteiger partial charge on any atom is -0.481 e. The van der Waals surface area contributed by atoms with Crippen LogP contribution in [0.2, 0.25) is 5.02 Å². The van der Waals surface area contributed by atoms with Gasteiger partial charge >= 0.3 is 12.0 Å². The van der Waals surface area contributed by atoms with E-state index in [4.69, 9.17) is 16.7 Å². The van der Waals surface area contributed by atoms with E-state index in [0.29, 0.717) is 50.6 Å². The molecule has 1 aromatic rings. The highest BCUT2D eigenvalue weighted by molar-refractivity contribution is 6.30. The molecule has 0 aromatic heterocycles. The SMILES string of the molecule is O=C(O)CCCNC(=O)N1CCN(C(=O)Cc2ccc(Cl)cc2)CC1. The van der Waals surface area contributed by atoms with Crippen molar-refractivity contribution in [2.24, 2.45) is 0 Å². The number of hydrogen-bond acceptors (Lipinski definition) is 3. The Kier molecular flexibility index (Phi) is 7.06. The number of carbonyl (C=O) groups excluding carboxylic acids is 2. The minimum atomic E-state index is -0.873. The number of aliphatic carboxylic acids is 1.